The highest BCUT2D eigenvalue weighted by Crippen LogP contribution is 2.23. The second-order valence-corrected chi connectivity index (χ2v) is 4.50. The molecule has 0 aliphatic carbocycles. The molecule has 0 saturated carbocycles. The fraction of sp³-hybridized carbons (Fsp3) is 0.625. The molecule has 2 saturated heterocycles. The Labute approximate surface area is 85.2 Å². The van der Waals surface area contributed by atoms with Gasteiger partial charge in [-0.05, 0) is 24.3 Å². The van der Waals surface area contributed by atoms with E-state index < -0.39 is 17.8 Å². The van der Waals surface area contributed by atoms with E-state index in [-0.39, 0.29) is 6.04 Å². The number of amides is 4. The molecule has 0 aromatic rings. The van der Waals surface area contributed by atoms with Crippen LogP contribution in [0.5, 0.6) is 0 Å². The van der Waals surface area contributed by atoms with Gasteiger partial charge in [0.05, 0.1) is 0 Å². The summed E-state index contributed by atoms with van der Waals surface area (Å²) in [6.45, 7) is 0. The molecule has 0 spiro atoms. The first-order chi connectivity index (χ1) is 6.70. The smallest absolute Gasteiger partial charge is 0.269 e. The van der Waals surface area contributed by atoms with Crippen LogP contribution >= 0.6 is 11.8 Å². The van der Waals surface area contributed by atoms with E-state index in [9.17, 15) is 14.4 Å². The fourth-order valence-electron chi connectivity index (χ4n) is 1.69. The molecule has 0 aromatic carbocycles. The minimum absolute atomic E-state index is 0.0878. The van der Waals surface area contributed by atoms with Gasteiger partial charge in [0, 0.05) is 6.04 Å². The van der Waals surface area contributed by atoms with Crippen LogP contribution in [0.2, 0.25) is 0 Å². The van der Waals surface area contributed by atoms with Crippen molar-refractivity contribution in [2.24, 2.45) is 0 Å². The molecule has 2 fully saturated rings. The highest BCUT2D eigenvalue weighted by molar-refractivity contribution is 7.99. The SMILES string of the molecule is O=C1NC(=O)N(C2CCSCC2)C1=O. The van der Waals surface area contributed by atoms with Crippen molar-refractivity contribution in [1.29, 1.82) is 0 Å². The van der Waals surface area contributed by atoms with Crippen LogP contribution in [0.25, 0.3) is 0 Å². The van der Waals surface area contributed by atoms with Crippen molar-refractivity contribution in [3.8, 4) is 0 Å². The predicted octanol–water partition coefficient (Wildman–Crippen LogP) is -0.0396. The van der Waals surface area contributed by atoms with E-state index in [1.54, 1.807) is 11.8 Å². The number of urea groups is 1. The second-order valence-electron chi connectivity index (χ2n) is 3.28. The quantitative estimate of drug-likeness (QED) is 0.491. The molecule has 4 amide bonds. The molecule has 2 rings (SSSR count). The van der Waals surface area contributed by atoms with Crippen molar-refractivity contribution < 1.29 is 14.4 Å². The van der Waals surface area contributed by atoms with E-state index in [2.05, 4.69) is 0 Å². The first kappa shape index (κ1) is 9.51. The molecular weight excluding hydrogens is 204 g/mol. The number of rotatable bonds is 1. The van der Waals surface area contributed by atoms with Crippen molar-refractivity contribution in [3.63, 3.8) is 0 Å². The molecule has 5 nitrogen and oxygen atoms in total. The summed E-state index contributed by atoms with van der Waals surface area (Å²) in [7, 11) is 0. The lowest BCUT2D eigenvalue weighted by Crippen LogP contribution is -2.42. The number of imide groups is 2. The Hall–Kier alpha value is -1.04. The average Bonchev–Trinajstić information content (AvgIpc) is 2.43. The normalized spacial score (nSPS) is 24.3. The number of carbonyl (C=O) groups is 3. The maximum Gasteiger partial charge on any atom is 0.331 e. The van der Waals surface area contributed by atoms with Crippen LogP contribution in [0.15, 0.2) is 0 Å². The van der Waals surface area contributed by atoms with Crippen LogP contribution in [0.4, 0.5) is 4.79 Å². The summed E-state index contributed by atoms with van der Waals surface area (Å²) in [6, 6.07) is -0.646. The monoisotopic (exact) mass is 214 g/mol. The topological polar surface area (TPSA) is 66.5 Å². The van der Waals surface area contributed by atoms with Crippen LogP contribution in [-0.2, 0) is 9.59 Å². The summed E-state index contributed by atoms with van der Waals surface area (Å²) >= 11 is 1.81. The maximum atomic E-state index is 11.3. The fourth-order valence-corrected chi connectivity index (χ4v) is 2.77. The number of nitrogens with one attached hydrogen (secondary N) is 1. The number of hydrogen-bond donors (Lipinski definition) is 1. The molecule has 0 bridgehead atoms. The zero-order valence-corrected chi connectivity index (χ0v) is 8.30. The number of hydrogen-bond acceptors (Lipinski definition) is 4. The van der Waals surface area contributed by atoms with Gasteiger partial charge in [-0.15, -0.1) is 0 Å². The summed E-state index contributed by atoms with van der Waals surface area (Å²) in [5.74, 6) is 0.381. The Morgan fingerprint density at radius 1 is 1.21 bits per heavy atom. The Balaban J connectivity index is 2.12. The Bertz CT molecular complexity index is 299. The average molecular weight is 214 g/mol. The molecular formula is C8H10N2O3S. The molecule has 0 radical (unpaired) electrons. The molecule has 0 aromatic heterocycles. The Kier molecular flexibility index (Phi) is 2.45. The first-order valence-electron chi connectivity index (χ1n) is 4.46. The molecule has 6 heteroatoms. The zero-order chi connectivity index (χ0) is 10.1. The molecule has 1 N–H and O–H groups in total. The summed E-state index contributed by atoms with van der Waals surface area (Å²) in [6.07, 6.45) is 1.58. The number of thioether (sulfide) groups is 1. The lowest BCUT2D eigenvalue weighted by Gasteiger charge is -2.27. The zero-order valence-electron chi connectivity index (χ0n) is 7.49. The third kappa shape index (κ3) is 1.50. The summed E-state index contributed by atoms with van der Waals surface area (Å²) in [5.41, 5.74) is 0. The molecule has 2 aliphatic rings. The molecule has 76 valence electrons. The number of nitrogens with zero attached hydrogens (tertiary/aromatic N) is 1. The maximum absolute atomic E-state index is 11.3. The van der Waals surface area contributed by atoms with Crippen molar-refractivity contribution >= 4 is 29.6 Å². The summed E-state index contributed by atoms with van der Waals surface area (Å²) in [5, 5.41) is 2.01. The van der Waals surface area contributed by atoms with Gasteiger partial charge in [0.1, 0.15) is 0 Å². The van der Waals surface area contributed by atoms with Crippen molar-refractivity contribution in [1.82, 2.24) is 10.2 Å². The van der Waals surface area contributed by atoms with Gasteiger partial charge < -0.3 is 0 Å². The standard InChI is InChI=1S/C8H10N2O3S/c11-6-7(12)10(8(13)9-6)5-1-3-14-4-2-5/h5H,1-4H2,(H,9,11,13). The van der Waals surface area contributed by atoms with E-state index in [0.717, 1.165) is 29.2 Å². The van der Waals surface area contributed by atoms with Crippen LogP contribution in [0.3, 0.4) is 0 Å². The highest BCUT2D eigenvalue weighted by Gasteiger charge is 2.41. The highest BCUT2D eigenvalue weighted by atomic mass is 32.2. The van der Waals surface area contributed by atoms with Crippen LogP contribution in [0.1, 0.15) is 12.8 Å². The minimum Gasteiger partial charge on any atom is -0.269 e. The van der Waals surface area contributed by atoms with Gasteiger partial charge in [-0.1, -0.05) is 0 Å². The summed E-state index contributed by atoms with van der Waals surface area (Å²) < 4.78 is 0. The largest absolute Gasteiger partial charge is 0.331 e. The van der Waals surface area contributed by atoms with E-state index in [1.807, 2.05) is 5.32 Å². The van der Waals surface area contributed by atoms with Crippen LogP contribution < -0.4 is 5.32 Å². The van der Waals surface area contributed by atoms with E-state index in [1.165, 1.54) is 0 Å². The van der Waals surface area contributed by atoms with Crippen LogP contribution in [-0.4, -0.2) is 40.3 Å². The molecule has 0 atom stereocenters. The van der Waals surface area contributed by atoms with Gasteiger partial charge >= 0.3 is 17.8 Å². The van der Waals surface area contributed by atoms with Gasteiger partial charge in [-0.3, -0.25) is 19.8 Å². The van der Waals surface area contributed by atoms with Crippen LogP contribution in [0, 0.1) is 0 Å². The van der Waals surface area contributed by atoms with Gasteiger partial charge in [0.2, 0.25) is 0 Å². The summed E-state index contributed by atoms with van der Waals surface area (Å²) in [4.78, 5) is 34.5. The van der Waals surface area contributed by atoms with Gasteiger partial charge in [0.15, 0.2) is 0 Å². The van der Waals surface area contributed by atoms with Gasteiger partial charge in [0.25, 0.3) is 0 Å². The lowest BCUT2D eigenvalue weighted by atomic mass is 10.1. The van der Waals surface area contributed by atoms with E-state index >= 15 is 0 Å². The Morgan fingerprint density at radius 2 is 1.86 bits per heavy atom. The van der Waals surface area contributed by atoms with E-state index in [4.69, 9.17) is 0 Å². The van der Waals surface area contributed by atoms with Crippen molar-refractivity contribution in [2.45, 2.75) is 18.9 Å². The Morgan fingerprint density at radius 3 is 2.36 bits per heavy atom. The third-order valence-electron chi connectivity index (χ3n) is 2.41. The van der Waals surface area contributed by atoms with Crippen molar-refractivity contribution in [3.05, 3.63) is 0 Å². The van der Waals surface area contributed by atoms with E-state index in [0.29, 0.717) is 0 Å². The van der Waals surface area contributed by atoms with Crippen molar-refractivity contribution in [2.75, 3.05) is 11.5 Å². The minimum atomic E-state index is -0.798. The molecule has 2 aliphatic heterocycles. The molecule has 2 heterocycles. The first-order valence-corrected chi connectivity index (χ1v) is 5.62. The molecule has 14 heavy (non-hydrogen) atoms. The predicted molar refractivity (Wildman–Crippen MR) is 50.7 cm³/mol. The third-order valence-corrected chi connectivity index (χ3v) is 3.46. The number of carbonyl (C=O) groups excluding carboxylic acids is 3. The lowest BCUT2D eigenvalue weighted by molar-refractivity contribution is -0.141. The molecule has 0 unspecified atom stereocenters. The second kappa shape index (κ2) is 3.61. The van der Waals surface area contributed by atoms with Gasteiger partial charge in [-0.25, -0.2) is 4.79 Å². The van der Waals surface area contributed by atoms with Gasteiger partial charge in [-0.2, -0.15) is 11.8 Å².